The lowest BCUT2D eigenvalue weighted by molar-refractivity contribution is -0.138. The second kappa shape index (κ2) is 10.9. The highest BCUT2D eigenvalue weighted by Crippen LogP contribution is 2.20. The lowest BCUT2D eigenvalue weighted by Crippen LogP contribution is -2.51. The van der Waals surface area contributed by atoms with Crippen molar-refractivity contribution in [2.75, 3.05) is 30.7 Å². The number of carbonyl (C=O) groups excluding carboxylic acids is 3. The van der Waals surface area contributed by atoms with E-state index in [0.29, 0.717) is 12.0 Å². The highest BCUT2D eigenvalue weighted by Gasteiger charge is 2.29. The van der Waals surface area contributed by atoms with E-state index in [4.69, 9.17) is 0 Å². The van der Waals surface area contributed by atoms with Crippen LogP contribution >= 0.6 is 0 Å². The number of Topliss-reactive ketones (excluding diaryl/α,β-unsaturated/α-hetero) is 1. The van der Waals surface area contributed by atoms with E-state index in [1.165, 1.54) is 31.0 Å². The van der Waals surface area contributed by atoms with Crippen molar-refractivity contribution >= 4 is 33.3 Å². The monoisotopic (exact) mass is 459 g/mol. The van der Waals surface area contributed by atoms with E-state index >= 15 is 0 Å². The van der Waals surface area contributed by atoms with Crippen molar-refractivity contribution in [2.24, 2.45) is 0 Å². The minimum Gasteiger partial charge on any atom is -0.357 e. The van der Waals surface area contributed by atoms with Crippen LogP contribution in [-0.2, 0) is 26.0 Å². The first kappa shape index (κ1) is 25.1. The highest BCUT2D eigenvalue weighted by molar-refractivity contribution is 7.92. The first-order valence-electron chi connectivity index (χ1n) is 10.2. The van der Waals surface area contributed by atoms with Crippen molar-refractivity contribution in [3.63, 3.8) is 0 Å². The summed E-state index contributed by atoms with van der Waals surface area (Å²) in [6.07, 6.45) is 1.50. The molecule has 2 amide bonds. The summed E-state index contributed by atoms with van der Waals surface area (Å²) < 4.78 is 26.0. The van der Waals surface area contributed by atoms with Crippen LogP contribution in [0.15, 0.2) is 54.6 Å². The van der Waals surface area contributed by atoms with Crippen LogP contribution in [0.1, 0.15) is 29.8 Å². The molecule has 0 radical (unpaired) electrons. The average molecular weight is 460 g/mol. The van der Waals surface area contributed by atoms with E-state index in [9.17, 15) is 22.8 Å². The molecule has 32 heavy (non-hydrogen) atoms. The zero-order valence-corrected chi connectivity index (χ0v) is 19.6. The Hall–Kier alpha value is -3.20. The molecule has 0 saturated carbocycles. The van der Waals surface area contributed by atoms with Crippen LogP contribution < -0.4 is 9.62 Å². The lowest BCUT2D eigenvalue weighted by atomic mass is 10.1. The summed E-state index contributed by atoms with van der Waals surface area (Å²) in [6.45, 7) is 2.73. The molecule has 9 heteroatoms. The van der Waals surface area contributed by atoms with Crippen molar-refractivity contribution in [1.82, 2.24) is 10.2 Å². The predicted molar refractivity (Wildman–Crippen MR) is 124 cm³/mol. The van der Waals surface area contributed by atoms with Crippen molar-refractivity contribution in [3.8, 4) is 0 Å². The second-order valence-electron chi connectivity index (χ2n) is 7.49. The van der Waals surface area contributed by atoms with Gasteiger partial charge >= 0.3 is 0 Å². The van der Waals surface area contributed by atoms with Crippen LogP contribution in [0.4, 0.5) is 5.69 Å². The van der Waals surface area contributed by atoms with E-state index in [0.717, 1.165) is 16.1 Å². The topological polar surface area (TPSA) is 104 Å². The van der Waals surface area contributed by atoms with Crippen LogP contribution in [0.2, 0.25) is 0 Å². The highest BCUT2D eigenvalue weighted by atomic mass is 32.2. The van der Waals surface area contributed by atoms with Gasteiger partial charge < -0.3 is 10.2 Å². The van der Waals surface area contributed by atoms with Gasteiger partial charge in [0, 0.05) is 19.2 Å². The molecule has 0 aliphatic rings. The molecule has 0 heterocycles. The molecule has 0 aliphatic heterocycles. The maximum Gasteiger partial charge on any atom is 0.244 e. The molecule has 1 atom stereocenters. The summed E-state index contributed by atoms with van der Waals surface area (Å²) in [7, 11) is -2.35. The maximum absolute atomic E-state index is 13.2. The Bertz CT molecular complexity index is 1070. The number of sulfonamides is 1. The lowest BCUT2D eigenvalue weighted by Gasteiger charge is -2.31. The molecule has 0 bridgehead atoms. The first-order chi connectivity index (χ1) is 15.0. The van der Waals surface area contributed by atoms with Crippen molar-refractivity contribution < 1.29 is 22.8 Å². The van der Waals surface area contributed by atoms with Crippen LogP contribution in [0.25, 0.3) is 0 Å². The van der Waals surface area contributed by atoms with Gasteiger partial charge in [-0.05, 0) is 38.0 Å². The number of hydrogen-bond donors (Lipinski definition) is 1. The Morgan fingerprint density at radius 1 is 1.03 bits per heavy atom. The molecule has 2 rings (SSSR count). The van der Waals surface area contributed by atoms with E-state index in [2.05, 4.69) is 5.32 Å². The Kier molecular flexibility index (Phi) is 8.54. The minimum absolute atomic E-state index is 0.212. The SMILES string of the molecule is CNC(=O)[C@@H](C)N(CCc1ccccc1)C(=O)CN(c1cccc(C(C)=O)c1)S(C)(=O)=O. The Balaban J connectivity index is 2.33. The zero-order valence-electron chi connectivity index (χ0n) is 18.7. The van der Waals surface area contributed by atoms with Gasteiger partial charge in [-0.3, -0.25) is 18.7 Å². The molecule has 0 spiro atoms. The molecule has 1 N–H and O–H groups in total. The van der Waals surface area contributed by atoms with E-state index < -0.39 is 28.5 Å². The number of amides is 2. The molecule has 8 nitrogen and oxygen atoms in total. The van der Waals surface area contributed by atoms with Crippen molar-refractivity contribution in [2.45, 2.75) is 26.3 Å². The van der Waals surface area contributed by atoms with Crippen LogP contribution in [-0.4, -0.2) is 63.4 Å². The number of rotatable bonds is 10. The molecule has 0 aromatic heterocycles. The fourth-order valence-electron chi connectivity index (χ4n) is 3.27. The van der Waals surface area contributed by atoms with Crippen LogP contribution in [0.3, 0.4) is 0 Å². The van der Waals surface area contributed by atoms with Gasteiger partial charge in [-0.2, -0.15) is 0 Å². The molecule has 0 fully saturated rings. The Morgan fingerprint density at radius 2 is 1.69 bits per heavy atom. The third-order valence-corrected chi connectivity index (χ3v) is 6.26. The van der Waals surface area contributed by atoms with E-state index in [-0.39, 0.29) is 23.9 Å². The van der Waals surface area contributed by atoms with Gasteiger partial charge in [0.15, 0.2) is 5.78 Å². The fourth-order valence-corrected chi connectivity index (χ4v) is 4.11. The predicted octanol–water partition coefficient (Wildman–Crippen LogP) is 1.86. The molecular formula is C23H29N3O5S. The summed E-state index contributed by atoms with van der Waals surface area (Å²) in [4.78, 5) is 38.6. The molecule has 2 aromatic carbocycles. The average Bonchev–Trinajstić information content (AvgIpc) is 2.76. The van der Waals surface area contributed by atoms with Crippen molar-refractivity contribution in [1.29, 1.82) is 0 Å². The standard InChI is InChI=1S/C23H29N3O5S/c1-17(23(29)24-3)25(14-13-19-9-6-5-7-10-19)22(28)16-26(32(4,30)31)21-12-8-11-20(15-21)18(2)27/h5-12,15,17H,13-14,16H2,1-4H3,(H,24,29)/t17-/m1/s1. The van der Waals surface area contributed by atoms with Gasteiger partial charge in [0.05, 0.1) is 11.9 Å². The third-order valence-electron chi connectivity index (χ3n) is 5.12. The first-order valence-corrected chi connectivity index (χ1v) is 12.0. The number of anilines is 1. The number of carbonyl (C=O) groups is 3. The normalized spacial score (nSPS) is 12.0. The Morgan fingerprint density at radius 3 is 2.25 bits per heavy atom. The summed E-state index contributed by atoms with van der Waals surface area (Å²) in [5, 5.41) is 2.53. The largest absolute Gasteiger partial charge is 0.357 e. The minimum atomic E-state index is -3.83. The van der Waals surface area contributed by atoms with Gasteiger partial charge in [-0.25, -0.2) is 8.42 Å². The summed E-state index contributed by atoms with van der Waals surface area (Å²) in [5.74, 6) is -1.09. The molecule has 0 unspecified atom stereocenters. The summed E-state index contributed by atoms with van der Waals surface area (Å²) >= 11 is 0. The number of likely N-dealkylation sites (N-methyl/N-ethyl adjacent to an activating group) is 1. The number of nitrogens with one attached hydrogen (secondary N) is 1. The molecular weight excluding hydrogens is 430 g/mol. The van der Waals surface area contributed by atoms with Crippen molar-refractivity contribution in [3.05, 3.63) is 65.7 Å². The Labute approximate surface area is 189 Å². The smallest absolute Gasteiger partial charge is 0.244 e. The molecule has 0 saturated heterocycles. The van der Waals surface area contributed by atoms with E-state index in [1.807, 2.05) is 30.3 Å². The third kappa shape index (κ3) is 6.65. The zero-order chi connectivity index (χ0) is 23.9. The van der Waals surface area contributed by atoms with Gasteiger partial charge in [-0.15, -0.1) is 0 Å². The van der Waals surface area contributed by atoms with Gasteiger partial charge in [0.2, 0.25) is 21.8 Å². The van der Waals surface area contributed by atoms with E-state index in [1.54, 1.807) is 19.1 Å². The molecule has 2 aromatic rings. The molecule has 0 aliphatic carbocycles. The number of nitrogens with zero attached hydrogens (tertiary/aromatic N) is 2. The quantitative estimate of drug-likeness (QED) is 0.546. The summed E-state index contributed by atoms with van der Waals surface area (Å²) in [6, 6.07) is 14.8. The summed E-state index contributed by atoms with van der Waals surface area (Å²) in [5.41, 5.74) is 1.54. The molecule has 172 valence electrons. The van der Waals surface area contributed by atoms with Gasteiger partial charge in [-0.1, -0.05) is 42.5 Å². The maximum atomic E-state index is 13.2. The number of benzene rings is 2. The van der Waals surface area contributed by atoms with Gasteiger partial charge in [0.25, 0.3) is 0 Å². The number of ketones is 1. The van der Waals surface area contributed by atoms with Crippen LogP contribution in [0, 0.1) is 0 Å². The van der Waals surface area contributed by atoms with Gasteiger partial charge in [0.1, 0.15) is 12.6 Å². The van der Waals surface area contributed by atoms with Crippen LogP contribution in [0.5, 0.6) is 0 Å². The number of hydrogen-bond acceptors (Lipinski definition) is 5. The fraction of sp³-hybridized carbons (Fsp3) is 0.348. The second-order valence-corrected chi connectivity index (χ2v) is 9.40.